The summed E-state index contributed by atoms with van der Waals surface area (Å²) in [5.41, 5.74) is 2.31. The zero-order chi connectivity index (χ0) is 13.1. The molecule has 0 unspecified atom stereocenters. The van der Waals surface area contributed by atoms with E-state index < -0.39 is 5.97 Å². The number of carbonyl (C=O) groups is 1. The van der Waals surface area contributed by atoms with Gasteiger partial charge in [-0.2, -0.15) is 0 Å². The van der Waals surface area contributed by atoms with Crippen molar-refractivity contribution in [3.63, 3.8) is 0 Å². The zero-order valence-corrected chi connectivity index (χ0v) is 11.1. The molecule has 0 radical (unpaired) electrons. The van der Waals surface area contributed by atoms with E-state index in [4.69, 9.17) is 0 Å². The Balaban J connectivity index is 2.29. The third kappa shape index (κ3) is 3.03. The van der Waals surface area contributed by atoms with Gasteiger partial charge in [0.25, 0.3) is 0 Å². The molecule has 0 aliphatic heterocycles. The van der Waals surface area contributed by atoms with E-state index in [0.717, 1.165) is 36.7 Å². The van der Waals surface area contributed by atoms with Crippen LogP contribution in [0, 0.1) is 12.8 Å². The lowest BCUT2D eigenvalue weighted by molar-refractivity contribution is 0.0697. The van der Waals surface area contributed by atoms with Crippen molar-refractivity contribution in [1.82, 2.24) is 0 Å². The van der Waals surface area contributed by atoms with Crippen molar-refractivity contribution >= 4 is 11.7 Å². The second-order valence-electron chi connectivity index (χ2n) is 5.22. The minimum absolute atomic E-state index is 0.434. The number of aromatic carboxylic acids is 1. The summed E-state index contributed by atoms with van der Waals surface area (Å²) in [5.74, 6) is -0.0647. The number of carboxylic acids is 1. The molecule has 1 saturated carbocycles. The van der Waals surface area contributed by atoms with Gasteiger partial charge in [-0.15, -0.1) is 0 Å². The van der Waals surface area contributed by atoms with Crippen molar-refractivity contribution in [2.45, 2.75) is 33.1 Å². The van der Waals surface area contributed by atoms with Crippen LogP contribution in [0.3, 0.4) is 0 Å². The maximum atomic E-state index is 11.4. The molecule has 18 heavy (non-hydrogen) atoms. The molecule has 0 amide bonds. The Morgan fingerprint density at radius 3 is 2.72 bits per heavy atom. The van der Waals surface area contributed by atoms with E-state index in [1.165, 1.54) is 12.8 Å². The van der Waals surface area contributed by atoms with Crippen molar-refractivity contribution in [2.24, 2.45) is 5.92 Å². The van der Waals surface area contributed by atoms with E-state index in [1.54, 1.807) is 6.07 Å². The van der Waals surface area contributed by atoms with E-state index >= 15 is 0 Å². The molecule has 0 saturated heterocycles. The predicted octanol–water partition coefficient (Wildman–Crippen LogP) is 3.32. The normalized spacial score (nSPS) is 14.6. The fourth-order valence-corrected chi connectivity index (χ4v) is 2.29. The first-order valence-corrected chi connectivity index (χ1v) is 6.70. The zero-order valence-electron chi connectivity index (χ0n) is 11.1. The van der Waals surface area contributed by atoms with Crippen molar-refractivity contribution < 1.29 is 9.90 Å². The standard InChI is InChI=1S/C15H21NO2/c1-3-8-16(10-12-5-6-12)14-7-4-11(2)9-13(14)15(17)18/h4,7,9,12H,3,5-6,8,10H2,1-2H3,(H,17,18). The molecule has 0 spiro atoms. The molecule has 1 aromatic rings. The van der Waals surface area contributed by atoms with Crippen LogP contribution < -0.4 is 4.90 Å². The summed E-state index contributed by atoms with van der Waals surface area (Å²) in [6.45, 7) is 5.99. The summed E-state index contributed by atoms with van der Waals surface area (Å²) in [7, 11) is 0. The van der Waals surface area contributed by atoms with E-state index in [0.29, 0.717) is 5.56 Å². The fraction of sp³-hybridized carbons (Fsp3) is 0.533. The molecular weight excluding hydrogens is 226 g/mol. The topological polar surface area (TPSA) is 40.5 Å². The van der Waals surface area contributed by atoms with Gasteiger partial charge in [0.05, 0.1) is 11.3 Å². The number of hydrogen-bond donors (Lipinski definition) is 1. The van der Waals surface area contributed by atoms with Gasteiger partial charge in [0.1, 0.15) is 0 Å². The first kappa shape index (κ1) is 12.9. The highest BCUT2D eigenvalue weighted by molar-refractivity contribution is 5.94. The highest BCUT2D eigenvalue weighted by Gasteiger charge is 2.26. The first-order valence-electron chi connectivity index (χ1n) is 6.70. The molecule has 2 rings (SSSR count). The Hall–Kier alpha value is -1.51. The number of aryl methyl sites for hydroxylation is 1. The third-order valence-electron chi connectivity index (χ3n) is 3.39. The van der Waals surface area contributed by atoms with Gasteiger partial charge in [0, 0.05) is 13.1 Å². The van der Waals surface area contributed by atoms with Crippen molar-refractivity contribution in [2.75, 3.05) is 18.0 Å². The number of nitrogens with zero attached hydrogens (tertiary/aromatic N) is 1. The summed E-state index contributed by atoms with van der Waals surface area (Å²) < 4.78 is 0. The number of hydrogen-bond acceptors (Lipinski definition) is 2. The van der Waals surface area contributed by atoms with E-state index in [9.17, 15) is 9.90 Å². The minimum Gasteiger partial charge on any atom is -0.478 e. The van der Waals surface area contributed by atoms with Gasteiger partial charge < -0.3 is 10.0 Å². The monoisotopic (exact) mass is 247 g/mol. The van der Waals surface area contributed by atoms with Gasteiger partial charge in [-0.3, -0.25) is 0 Å². The summed E-state index contributed by atoms with van der Waals surface area (Å²) in [6, 6.07) is 5.72. The molecule has 1 N–H and O–H groups in total. The Labute approximate surface area is 108 Å². The van der Waals surface area contributed by atoms with Crippen molar-refractivity contribution in [1.29, 1.82) is 0 Å². The molecule has 1 fully saturated rings. The van der Waals surface area contributed by atoms with Crippen LogP contribution in [0.2, 0.25) is 0 Å². The minimum atomic E-state index is -0.828. The largest absolute Gasteiger partial charge is 0.478 e. The van der Waals surface area contributed by atoms with Crippen molar-refractivity contribution in [3.05, 3.63) is 29.3 Å². The molecule has 3 nitrogen and oxygen atoms in total. The van der Waals surface area contributed by atoms with Gasteiger partial charge >= 0.3 is 5.97 Å². The number of anilines is 1. The summed E-state index contributed by atoms with van der Waals surface area (Å²) in [4.78, 5) is 13.6. The highest BCUT2D eigenvalue weighted by Crippen LogP contribution is 2.32. The molecule has 3 heteroatoms. The average molecular weight is 247 g/mol. The number of benzene rings is 1. The Kier molecular flexibility index (Phi) is 3.90. The summed E-state index contributed by atoms with van der Waals surface area (Å²) in [5, 5.41) is 9.33. The van der Waals surface area contributed by atoms with Gasteiger partial charge in [-0.25, -0.2) is 4.79 Å². The molecule has 1 aromatic carbocycles. The van der Waals surface area contributed by atoms with Gasteiger partial charge in [0.2, 0.25) is 0 Å². The molecule has 0 aromatic heterocycles. The molecule has 0 heterocycles. The molecule has 0 atom stereocenters. The third-order valence-corrected chi connectivity index (χ3v) is 3.39. The second kappa shape index (κ2) is 5.42. The smallest absolute Gasteiger partial charge is 0.337 e. The molecule has 1 aliphatic carbocycles. The van der Waals surface area contributed by atoms with E-state index in [1.807, 2.05) is 19.1 Å². The van der Waals surface area contributed by atoms with E-state index in [-0.39, 0.29) is 0 Å². The van der Waals surface area contributed by atoms with Crippen LogP contribution in [-0.2, 0) is 0 Å². The summed E-state index contributed by atoms with van der Waals surface area (Å²) in [6.07, 6.45) is 3.61. The molecular formula is C15H21NO2. The van der Waals surface area contributed by atoms with E-state index in [2.05, 4.69) is 11.8 Å². The predicted molar refractivity (Wildman–Crippen MR) is 73.4 cm³/mol. The quantitative estimate of drug-likeness (QED) is 0.838. The van der Waals surface area contributed by atoms with Crippen LogP contribution in [0.25, 0.3) is 0 Å². The van der Waals surface area contributed by atoms with Crippen LogP contribution in [0.1, 0.15) is 42.1 Å². The number of carboxylic acid groups (broad SMARTS) is 1. The maximum absolute atomic E-state index is 11.4. The Morgan fingerprint density at radius 2 is 2.17 bits per heavy atom. The van der Waals surface area contributed by atoms with Crippen LogP contribution in [0.5, 0.6) is 0 Å². The average Bonchev–Trinajstić information content (AvgIpc) is 3.12. The van der Waals surface area contributed by atoms with Crippen LogP contribution in [-0.4, -0.2) is 24.2 Å². The Morgan fingerprint density at radius 1 is 1.44 bits per heavy atom. The van der Waals surface area contributed by atoms with Crippen LogP contribution in [0.4, 0.5) is 5.69 Å². The first-order chi connectivity index (χ1) is 8.61. The second-order valence-corrected chi connectivity index (χ2v) is 5.22. The lowest BCUT2D eigenvalue weighted by Gasteiger charge is -2.26. The molecule has 98 valence electrons. The van der Waals surface area contributed by atoms with Crippen molar-refractivity contribution in [3.8, 4) is 0 Å². The number of rotatable bonds is 6. The SMILES string of the molecule is CCCN(CC1CC1)c1ccc(C)cc1C(=O)O. The molecule has 1 aliphatic rings. The maximum Gasteiger partial charge on any atom is 0.337 e. The van der Waals surface area contributed by atoms with Crippen LogP contribution in [0.15, 0.2) is 18.2 Å². The lowest BCUT2D eigenvalue weighted by atomic mass is 10.1. The fourth-order valence-electron chi connectivity index (χ4n) is 2.29. The van der Waals surface area contributed by atoms with Gasteiger partial charge in [0.15, 0.2) is 0 Å². The van der Waals surface area contributed by atoms with Gasteiger partial charge in [-0.05, 0) is 44.2 Å². The summed E-state index contributed by atoms with van der Waals surface area (Å²) >= 11 is 0. The lowest BCUT2D eigenvalue weighted by Crippen LogP contribution is -2.28. The highest BCUT2D eigenvalue weighted by atomic mass is 16.4. The van der Waals surface area contributed by atoms with Gasteiger partial charge in [-0.1, -0.05) is 18.6 Å². The van der Waals surface area contributed by atoms with Crippen LogP contribution >= 0.6 is 0 Å². The molecule has 0 bridgehead atoms. The Bertz CT molecular complexity index is 438.